The first kappa shape index (κ1) is 24.2. The summed E-state index contributed by atoms with van der Waals surface area (Å²) in [4.78, 5) is 26.1. The van der Waals surface area contributed by atoms with E-state index in [1.165, 1.54) is 6.20 Å². The summed E-state index contributed by atoms with van der Waals surface area (Å²) in [6.07, 6.45) is 5.67. The number of aromatic nitrogens is 3. The van der Waals surface area contributed by atoms with Gasteiger partial charge in [0, 0.05) is 51.5 Å². The molecule has 0 atom stereocenters. The maximum Gasteiger partial charge on any atom is 0.261 e. The zero-order valence-electron chi connectivity index (χ0n) is 21.4. The average molecular weight is 496 g/mol. The van der Waals surface area contributed by atoms with Crippen molar-refractivity contribution in [3.05, 3.63) is 94.7 Å². The summed E-state index contributed by atoms with van der Waals surface area (Å²) in [7, 11) is 1.77. The largest absolute Gasteiger partial charge is 0.619 e. The minimum Gasteiger partial charge on any atom is -0.619 e. The summed E-state index contributed by atoms with van der Waals surface area (Å²) in [5.74, 6) is 2.03. The molecule has 8 nitrogen and oxygen atoms in total. The van der Waals surface area contributed by atoms with Crippen LogP contribution < -0.4 is 19.3 Å². The minimum absolute atomic E-state index is 0.111. The van der Waals surface area contributed by atoms with Crippen molar-refractivity contribution in [3.63, 3.8) is 0 Å². The topological polar surface area (TPSA) is 85.5 Å². The zero-order valence-corrected chi connectivity index (χ0v) is 21.4. The maximum absolute atomic E-state index is 13.3. The van der Waals surface area contributed by atoms with Crippen molar-refractivity contribution >= 4 is 23.2 Å². The van der Waals surface area contributed by atoms with Crippen LogP contribution >= 0.6 is 0 Å². The lowest BCUT2D eigenvalue weighted by molar-refractivity contribution is -0.612. The molecule has 37 heavy (non-hydrogen) atoms. The van der Waals surface area contributed by atoms with Crippen LogP contribution in [0.15, 0.2) is 67.1 Å². The van der Waals surface area contributed by atoms with E-state index < -0.39 is 0 Å². The molecule has 4 aromatic rings. The van der Waals surface area contributed by atoms with E-state index in [-0.39, 0.29) is 5.91 Å². The van der Waals surface area contributed by atoms with Crippen LogP contribution in [0.4, 0.5) is 17.3 Å². The molecule has 0 aliphatic carbocycles. The minimum atomic E-state index is -0.111. The molecule has 1 aromatic carbocycles. The Morgan fingerprint density at radius 3 is 2.59 bits per heavy atom. The third-order valence-electron chi connectivity index (χ3n) is 6.67. The molecule has 0 bridgehead atoms. The summed E-state index contributed by atoms with van der Waals surface area (Å²) >= 11 is 0. The van der Waals surface area contributed by atoms with Gasteiger partial charge in [-0.05, 0) is 66.4 Å². The van der Waals surface area contributed by atoms with Gasteiger partial charge >= 0.3 is 0 Å². The van der Waals surface area contributed by atoms with Crippen molar-refractivity contribution in [2.24, 2.45) is 0 Å². The molecule has 0 saturated carbocycles. The predicted molar refractivity (Wildman–Crippen MR) is 143 cm³/mol. The number of anilines is 3. The fourth-order valence-electron chi connectivity index (χ4n) is 4.61. The lowest BCUT2D eigenvalue weighted by atomic mass is 10.0. The maximum atomic E-state index is 13.3. The lowest BCUT2D eigenvalue weighted by Crippen LogP contribution is -2.28. The monoisotopic (exact) mass is 495 g/mol. The van der Waals surface area contributed by atoms with Gasteiger partial charge in [0.2, 0.25) is 0 Å². The summed E-state index contributed by atoms with van der Waals surface area (Å²) in [6.45, 7) is 6.91. The third-order valence-corrected chi connectivity index (χ3v) is 6.67. The number of hydrogen-bond donors (Lipinski definition) is 0. The normalized spacial score (nSPS) is 12.7. The quantitative estimate of drug-likeness (QED) is 0.283. The molecule has 1 amide bonds. The van der Waals surface area contributed by atoms with Crippen LogP contribution in [0.5, 0.6) is 5.75 Å². The molecule has 3 aromatic heterocycles. The van der Waals surface area contributed by atoms with Crippen LogP contribution in [0.3, 0.4) is 0 Å². The Balaban J connectivity index is 1.32. The highest BCUT2D eigenvalue weighted by molar-refractivity contribution is 6.12. The van der Waals surface area contributed by atoms with Crippen LogP contribution in [0, 0.1) is 19.1 Å². The average Bonchev–Trinajstić information content (AvgIpc) is 2.99. The molecule has 4 heterocycles. The molecule has 0 saturated heterocycles. The van der Waals surface area contributed by atoms with Crippen molar-refractivity contribution in [1.82, 2.24) is 9.97 Å². The van der Waals surface area contributed by atoms with Gasteiger partial charge in [0.25, 0.3) is 5.91 Å². The van der Waals surface area contributed by atoms with E-state index in [4.69, 9.17) is 4.74 Å². The summed E-state index contributed by atoms with van der Waals surface area (Å²) < 4.78 is 6.94. The number of hydrogen-bond acceptors (Lipinski definition) is 6. The van der Waals surface area contributed by atoms with Gasteiger partial charge in [0.15, 0.2) is 17.7 Å². The number of carbonyl (C=O) groups is 1. The van der Waals surface area contributed by atoms with Crippen LogP contribution in [0.1, 0.15) is 34.1 Å². The smallest absolute Gasteiger partial charge is 0.261 e. The van der Waals surface area contributed by atoms with Gasteiger partial charge in [-0.2, -0.15) is 4.73 Å². The van der Waals surface area contributed by atoms with Gasteiger partial charge in [-0.15, -0.1) is 0 Å². The van der Waals surface area contributed by atoms with E-state index in [0.29, 0.717) is 36.6 Å². The van der Waals surface area contributed by atoms with E-state index in [9.17, 15) is 10.0 Å². The van der Waals surface area contributed by atoms with Gasteiger partial charge in [0.1, 0.15) is 11.6 Å². The Bertz CT molecular complexity index is 1490. The summed E-state index contributed by atoms with van der Waals surface area (Å²) in [5.41, 5.74) is 5.92. The van der Waals surface area contributed by atoms with Crippen molar-refractivity contribution in [2.75, 3.05) is 30.0 Å². The molecule has 0 N–H and O–H groups in total. The van der Waals surface area contributed by atoms with E-state index in [2.05, 4.69) is 16.0 Å². The molecule has 0 fully saturated rings. The molecule has 188 valence electrons. The van der Waals surface area contributed by atoms with Crippen LogP contribution in [0.2, 0.25) is 0 Å². The van der Waals surface area contributed by atoms with E-state index >= 15 is 0 Å². The number of benzene rings is 1. The molecule has 1 aliphatic rings. The van der Waals surface area contributed by atoms with Gasteiger partial charge in [-0.1, -0.05) is 6.07 Å². The number of aryl methyl sites for hydroxylation is 2. The number of fused-ring (bicyclic) bond motifs is 2. The first-order chi connectivity index (χ1) is 17.9. The lowest BCUT2D eigenvalue weighted by Gasteiger charge is -2.22. The molecule has 0 radical (unpaired) electrons. The third kappa shape index (κ3) is 4.58. The number of carbonyl (C=O) groups excluding carboxylic acids is 1. The van der Waals surface area contributed by atoms with Crippen molar-refractivity contribution < 1.29 is 14.3 Å². The van der Waals surface area contributed by atoms with Crippen LogP contribution in [-0.2, 0) is 6.42 Å². The fourth-order valence-corrected chi connectivity index (χ4v) is 4.61. The Kier molecular flexibility index (Phi) is 6.48. The highest BCUT2D eigenvalue weighted by Crippen LogP contribution is 2.37. The van der Waals surface area contributed by atoms with E-state index in [1.807, 2.05) is 67.4 Å². The molecular weight excluding hydrogens is 466 g/mol. The Morgan fingerprint density at radius 1 is 1.03 bits per heavy atom. The van der Waals surface area contributed by atoms with Gasteiger partial charge in [0.05, 0.1) is 17.9 Å². The number of rotatable bonds is 6. The van der Waals surface area contributed by atoms with Crippen LogP contribution in [0.25, 0.3) is 11.1 Å². The molecule has 0 spiro atoms. The Hall–Kier alpha value is -4.46. The second-order valence-corrected chi connectivity index (χ2v) is 9.13. The van der Waals surface area contributed by atoms with Crippen molar-refractivity contribution in [3.8, 4) is 16.9 Å². The summed E-state index contributed by atoms with van der Waals surface area (Å²) in [5, 5.41) is 11.6. The second-order valence-electron chi connectivity index (χ2n) is 9.13. The number of amides is 1. The second kappa shape index (κ2) is 9.89. The molecule has 5 rings (SSSR count). The van der Waals surface area contributed by atoms with Gasteiger partial charge < -0.3 is 19.7 Å². The van der Waals surface area contributed by atoms with E-state index in [0.717, 1.165) is 44.2 Å². The number of pyridine rings is 3. The standard InChI is InChI=1S/C29H29N5O3/c1-5-33-27-24(29(35)32(4)25-7-6-12-30-28(25)33)17-21(18-31-27)11-14-37-26-9-8-22(15-19(26)2)23-10-13-34(36)20(3)16-23/h6-10,12-13,15-18H,5,11,14H2,1-4H3. The first-order valence-corrected chi connectivity index (χ1v) is 12.3. The predicted octanol–water partition coefficient (Wildman–Crippen LogP) is 4.76. The zero-order chi connectivity index (χ0) is 26.1. The first-order valence-electron chi connectivity index (χ1n) is 12.3. The molecule has 8 heteroatoms. The number of nitrogens with zero attached hydrogens (tertiary/aromatic N) is 5. The van der Waals surface area contributed by atoms with Crippen LogP contribution in [-0.4, -0.2) is 36.1 Å². The molecule has 0 unspecified atom stereocenters. The van der Waals surface area contributed by atoms with Gasteiger partial charge in [-0.3, -0.25) is 4.79 Å². The van der Waals surface area contributed by atoms with Crippen molar-refractivity contribution in [1.29, 1.82) is 0 Å². The SMILES string of the molecule is CCN1c2ncc(CCOc3ccc(-c4cc[n+]([O-])c(C)c4)cc3C)cc2C(=O)N(C)c2cccnc21. The Labute approximate surface area is 216 Å². The number of ether oxygens (including phenoxy) is 1. The highest BCUT2D eigenvalue weighted by Gasteiger charge is 2.30. The fraction of sp³-hybridized carbons (Fsp3) is 0.241. The van der Waals surface area contributed by atoms with Crippen molar-refractivity contribution in [2.45, 2.75) is 27.2 Å². The summed E-state index contributed by atoms with van der Waals surface area (Å²) in [6, 6.07) is 15.3. The molecular formula is C29H29N5O3. The Morgan fingerprint density at radius 2 is 1.84 bits per heavy atom. The molecule has 1 aliphatic heterocycles. The highest BCUT2D eigenvalue weighted by atomic mass is 16.5. The van der Waals surface area contributed by atoms with Gasteiger partial charge in [-0.25, -0.2) is 9.97 Å². The van der Waals surface area contributed by atoms with E-state index in [1.54, 1.807) is 25.1 Å².